The number of aryl methyl sites for hydroxylation is 2. The molecule has 1 atom stereocenters. The van der Waals surface area contributed by atoms with Crippen LogP contribution in [0.25, 0.3) is 11.4 Å². The summed E-state index contributed by atoms with van der Waals surface area (Å²) in [5.41, 5.74) is 4.69. The van der Waals surface area contributed by atoms with E-state index in [1.807, 2.05) is 0 Å². The second-order valence-corrected chi connectivity index (χ2v) is 7.46. The third kappa shape index (κ3) is 4.11. The number of hydrogen-bond donors (Lipinski definition) is 1. The summed E-state index contributed by atoms with van der Waals surface area (Å²) in [6.07, 6.45) is 0. The van der Waals surface area contributed by atoms with Gasteiger partial charge in [-0.2, -0.15) is 11.3 Å². The van der Waals surface area contributed by atoms with Crippen molar-refractivity contribution < 1.29 is 0 Å². The minimum absolute atomic E-state index is 0.132. The van der Waals surface area contributed by atoms with Crippen LogP contribution in [0.1, 0.15) is 50.6 Å². The zero-order valence-corrected chi connectivity index (χ0v) is 14.6. The zero-order chi connectivity index (χ0) is 15.6. The molecule has 0 saturated heterocycles. The Balaban J connectivity index is 2.25. The molecule has 114 valence electrons. The Hall–Kier alpha value is -1.26. The van der Waals surface area contributed by atoms with E-state index in [-0.39, 0.29) is 5.54 Å². The summed E-state index contributed by atoms with van der Waals surface area (Å²) in [5, 5.41) is 7.72. The summed E-state index contributed by atoms with van der Waals surface area (Å²) in [6, 6.07) is 2.07. The average Bonchev–Trinajstić information content (AvgIpc) is 2.88. The second kappa shape index (κ2) is 6.24. The van der Waals surface area contributed by atoms with Crippen molar-refractivity contribution in [2.75, 3.05) is 6.54 Å². The van der Waals surface area contributed by atoms with E-state index in [1.165, 1.54) is 5.56 Å². The van der Waals surface area contributed by atoms with Gasteiger partial charge in [0.15, 0.2) is 5.82 Å². The molecule has 0 radical (unpaired) electrons. The Kier molecular flexibility index (Phi) is 4.79. The zero-order valence-electron chi connectivity index (χ0n) is 13.8. The maximum atomic E-state index is 4.71. The van der Waals surface area contributed by atoms with Gasteiger partial charge in [-0.25, -0.2) is 9.97 Å². The number of nitrogens with one attached hydrogen (secondary N) is 1. The third-order valence-corrected chi connectivity index (χ3v) is 4.22. The molecule has 3 nitrogen and oxygen atoms in total. The Bertz CT molecular complexity index is 574. The van der Waals surface area contributed by atoms with Gasteiger partial charge in [0.25, 0.3) is 0 Å². The van der Waals surface area contributed by atoms with Crippen LogP contribution in [-0.4, -0.2) is 22.1 Å². The highest BCUT2D eigenvalue weighted by Gasteiger charge is 2.18. The SMILES string of the molecule is Cc1nc(-c2ccsc2)nc(C)c1C(C)CNC(C)(C)C. The van der Waals surface area contributed by atoms with Crippen molar-refractivity contribution in [2.24, 2.45) is 0 Å². The molecule has 0 bridgehead atoms. The summed E-state index contributed by atoms with van der Waals surface area (Å²) in [6.45, 7) is 13.9. The number of aromatic nitrogens is 2. The minimum atomic E-state index is 0.132. The highest BCUT2D eigenvalue weighted by Crippen LogP contribution is 2.25. The van der Waals surface area contributed by atoms with Crippen LogP contribution in [0.15, 0.2) is 16.8 Å². The predicted molar refractivity (Wildman–Crippen MR) is 91.0 cm³/mol. The molecule has 2 rings (SSSR count). The van der Waals surface area contributed by atoms with Crippen LogP contribution >= 0.6 is 11.3 Å². The molecule has 2 aromatic heterocycles. The lowest BCUT2D eigenvalue weighted by Gasteiger charge is -2.25. The summed E-state index contributed by atoms with van der Waals surface area (Å²) in [5.74, 6) is 1.24. The Morgan fingerprint density at radius 2 is 1.81 bits per heavy atom. The highest BCUT2D eigenvalue weighted by atomic mass is 32.1. The minimum Gasteiger partial charge on any atom is -0.311 e. The van der Waals surface area contributed by atoms with E-state index >= 15 is 0 Å². The fourth-order valence-electron chi connectivity index (χ4n) is 2.52. The molecule has 21 heavy (non-hydrogen) atoms. The lowest BCUT2D eigenvalue weighted by atomic mass is 9.96. The van der Waals surface area contributed by atoms with Crippen LogP contribution in [-0.2, 0) is 0 Å². The summed E-state index contributed by atoms with van der Waals surface area (Å²) in [4.78, 5) is 9.42. The molecule has 0 saturated carbocycles. The summed E-state index contributed by atoms with van der Waals surface area (Å²) < 4.78 is 0. The quantitative estimate of drug-likeness (QED) is 0.914. The fraction of sp³-hybridized carbons (Fsp3) is 0.529. The summed E-state index contributed by atoms with van der Waals surface area (Å²) >= 11 is 1.68. The van der Waals surface area contributed by atoms with Crippen LogP contribution < -0.4 is 5.32 Å². The monoisotopic (exact) mass is 303 g/mol. The van der Waals surface area contributed by atoms with Gasteiger partial charge in [0.2, 0.25) is 0 Å². The fourth-order valence-corrected chi connectivity index (χ4v) is 3.15. The van der Waals surface area contributed by atoms with E-state index in [2.05, 4.69) is 63.7 Å². The van der Waals surface area contributed by atoms with Crippen molar-refractivity contribution >= 4 is 11.3 Å². The lowest BCUT2D eigenvalue weighted by molar-refractivity contribution is 0.411. The highest BCUT2D eigenvalue weighted by molar-refractivity contribution is 7.08. The molecule has 0 aromatic carbocycles. The topological polar surface area (TPSA) is 37.8 Å². The number of thiophene rings is 1. The smallest absolute Gasteiger partial charge is 0.160 e. The first-order chi connectivity index (χ1) is 9.78. The van der Waals surface area contributed by atoms with Crippen LogP contribution in [0.3, 0.4) is 0 Å². The van der Waals surface area contributed by atoms with Crippen LogP contribution in [0, 0.1) is 13.8 Å². The predicted octanol–water partition coefficient (Wildman–Crippen LogP) is 4.31. The molecular weight excluding hydrogens is 278 g/mol. The van der Waals surface area contributed by atoms with E-state index in [0.717, 1.165) is 29.3 Å². The first kappa shape index (κ1) is 16.1. The number of nitrogens with zero attached hydrogens (tertiary/aromatic N) is 2. The molecule has 0 aliphatic carbocycles. The van der Waals surface area contributed by atoms with E-state index in [0.29, 0.717) is 5.92 Å². The maximum absolute atomic E-state index is 4.71. The van der Waals surface area contributed by atoms with Gasteiger partial charge in [-0.05, 0) is 57.5 Å². The Morgan fingerprint density at radius 1 is 1.19 bits per heavy atom. The molecule has 0 aliphatic rings. The molecule has 0 spiro atoms. The van der Waals surface area contributed by atoms with Crippen molar-refractivity contribution in [3.8, 4) is 11.4 Å². The normalized spacial score (nSPS) is 13.4. The van der Waals surface area contributed by atoms with Crippen molar-refractivity contribution in [1.82, 2.24) is 15.3 Å². The van der Waals surface area contributed by atoms with E-state index in [4.69, 9.17) is 9.97 Å². The van der Waals surface area contributed by atoms with Crippen molar-refractivity contribution in [3.63, 3.8) is 0 Å². The Labute approximate surface area is 131 Å². The maximum Gasteiger partial charge on any atom is 0.160 e. The van der Waals surface area contributed by atoms with Gasteiger partial charge in [-0.1, -0.05) is 6.92 Å². The number of rotatable bonds is 4. The third-order valence-electron chi connectivity index (χ3n) is 3.54. The molecular formula is C17H25N3S. The molecule has 1 N–H and O–H groups in total. The van der Waals surface area contributed by atoms with Crippen molar-refractivity contribution in [1.29, 1.82) is 0 Å². The van der Waals surface area contributed by atoms with Gasteiger partial charge in [-0.3, -0.25) is 0 Å². The van der Waals surface area contributed by atoms with Crippen LogP contribution in [0.4, 0.5) is 0 Å². The van der Waals surface area contributed by atoms with Crippen molar-refractivity contribution in [3.05, 3.63) is 33.8 Å². The van der Waals surface area contributed by atoms with Gasteiger partial charge in [0, 0.05) is 34.4 Å². The van der Waals surface area contributed by atoms with E-state index in [1.54, 1.807) is 11.3 Å². The van der Waals surface area contributed by atoms with Gasteiger partial charge in [-0.15, -0.1) is 0 Å². The van der Waals surface area contributed by atoms with Gasteiger partial charge in [0.05, 0.1) is 0 Å². The first-order valence-corrected chi connectivity index (χ1v) is 8.35. The van der Waals surface area contributed by atoms with Crippen molar-refractivity contribution in [2.45, 2.75) is 53.0 Å². The van der Waals surface area contributed by atoms with Crippen LogP contribution in [0.5, 0.6) is 0 Å². The average molecular weight is 303 g/mol. The molecule has 1 unspecified atom stereocenters. The lowest BCUT2D eigenvalue weighted by Crippen LogP contribution is -2.38. The summed E-state index contributed by atoms with van der Waals surface area (Å²) in [7, 11) is 0. The molecule has 4 heteroatoms. The van der Waals surface area contributed by atoms with Gasteiger partial charge < -0.3 is 5.32 Å². The van der Waals surface area contributed by atoms with Gasteiger partial charge >= 0.3 is 0 Å². The van der Waals surface area contributed by atoms with Crippen LogP contribution in [0.2, 0.25) is 0 Å². The Morgan fingerprint density at radius 3 is 2.29 bits per heavy atom. The standard InChI is InChI=1S/C17H25N3S/c1-11(9-18-17(4,5)6)15-12(2)19-16(20-13(15)3)14-7-8-21-10-14/h7-8,10-11,18H,9H2,1-6H3. The molecule has 0 aliphatic heterocycles. The number of hydrogen-bond acceptors (Lipinski definition) is 4. The molecule has 0 fully saturated rings. The molecule has 0 amide bonds. The second-order valence-electron chi connectivity index (χ2n) is 6.68. The van der Waals surface area contributed by atoms with Gasteiger partial charge in [0.1, 0.15) is 0 Å². The van der Waals surface area contributed by atoms with E-state index in [9.17, 15) is 0 Å². The largest absolute Gasteiger partial charge is 0.311 e. The first-order valence-electron chi connectivity index (χ1n) is 7.40. The molecule has 2 heterocycles. The molecule has 2 aromatic rings. The van der Waals surface area contributed by atoms with E-state index < -0.39 is 0 Å².